The molecule has 0 amide bonds. The molecule has 9 nitrogen and oxygen atoms in total. The van der Waals surface area contributed by atoms with Gasteiger partial charge in [0.2, 0.25) is 5.88 Å². The number of nitrogens with one attached hydrogen (secondary N) is 3. The maximum Gasteiger partial charge on any atom is 0.227 e. The van der Waals surface area contributed by atoms with Crippen molar-refractivity contribution in [1.82, 2.24) is 24.8 Å². The topological polar surface area (TPSA) is 120 Å². The third kappa shape index (κ3) is 8.27. The van der Waals surface area contributed by atoms with Crippen LogP contribution >= 0.6 is 11.8 Å². The molecular weight excluding hydrogens is 450 g/mol. The average Bonchev–Trinajstić information content (AvgIpc) is 3.42. The van der Waals surface area contributed by atoms with Crippen LogP contribution in [0.2, 0.25) is 0 Å². The van der Waals surface area contributed by atoms with Gasteiger partial charge in [0.25, 0.3) is 0 Å². The number of ether oxygens (including phenoxy) is 1. The summed E-state index contributed by atoms with van der Waals surface area (Å²) in [6.45, 7) is 6.03. The Labute approximate surface area is 205 Å². The van der Waals surface area contributed by atoms with Gasteiger partial charge in [0, 0.05) is 42.3 Å². The Morgan fingerprint density at radius 2 is 1.88 bits per heavy atom. The molecule has 1 saturated heterocycles. The largest absolute Gasteiger partial charge is 0.474 e. The number of imidazole rings is 1. The van der Waals surface area contributed by atoms with Gasteiger partial charge in [-0.05, 0) is 50.4 Å². The number of carbonyl (C=O) groups is 1. The zero-order valence-corrected chi connectivity index (χ0v) is 20.9. The fraction of sp³-hybridized carbons (Fsp3) is 0.375. The van der Waals surface area contributed by atoms with E-state index < -0.39 is 0 Å². The van der Waals surface area contributed by atoms with E-state index in [4.69, 9.17) is 10.1 Å². The van der Waals surface area contributed by atoms with E-state index in [0.29, 0.717) is 29.4 Å². The second kappa shape index (κ2) is 14.8. The van der Waals surface area contributed by atoms with Crippen molar-refractivity contribution >= 4 is 35.8 Å². The third-order valence-corrected chi connectivity index (χ3v) is 5.66. The maximum absolute atomic E-state index is 9.77. The van der Waals surface area contributed by atoms with Crippen LogP contribution in [0.1, 0.15) is 42.9 Å². The van der Waals surface area contributed by atoms with Gasteiger partial charge in [0.1, 0.15) is 18.2 Å². The number of likely N-dealkylation sites (tertiary alicyclic amines) is 1. The molecule has 3 aromatic rings. The molecule has 2 aromatic heterocycles. The van der Waals surface area contributed by atoms with E-state index in [1.807, 2.05) is 44.4 Å². The van der Waals surface area contributed by atoms with Crippen molar-refractivity contribution in [3.05, 3.63) is 54.4 Å². The Kier molecular flexibility index (Phi) is 11.8. The number of aldehydes is 1. The van der Waals surface area contributed by atoms with Crippen LogP contribution in [-0.2, 0) is 0 Å². The average molecular weight is 484 g/mol. The number of hydrogen-bond acceptors (Lipinski definition) is 9. The van der Waals surface area contributed by atoms with E-state index in [0.717, 1.165) is 31.6 Å². The predicted molar refractivity (Wildman–Crippen MR) is 138 cm³/mol. The zero-order valence-electron chi connectivity index (χ0n) is 20.1. The van der Waals surface area contributed by atoms with Gasteiger partial charge in [-0.25, -0.2) is 15.0 Å². The van der Waals surface area contributed by atoms with Gasteiger partial charge in [0.15, 0.2) is 12.1 Å². The molecule has 1 aromatic carbocycles. The molecule has 182 valence electrons. The number of benzene rings is 1. The van der Waals surface area contributed by atoms with Gasteiger partial charge in [-0.2, -0.15) is 0 Å². The van der Waals surface area contributed by atoms with Crippen molar-refractivity contribution < 1.29 is 9.53 Å². The molecule has 3 N–H and O–H groups in total. The van der Waals surface area contributed by atoms with E-state index in [1.165, 1.54) is 23.6 Å². The molecule has 4 rings (SSSR count). The molecule has 34 heavy (non-hydrogen) atoms. The molecule has 0 unspecified atom stereocenters. The molecule has 3 heterocycles. The molecule has 0 aliphatic carbocycles. The summed E-state index contributed by atoms with van der Waals surface area (Å²) in [6, 6.07) is 8.10. The van der Waals surface area contributed by atoms with E-state index >= 15 is 0 Å². The highest BCUT2D eigenvalue weighted by molar-refractivity contribution is 7.98. The summed E-state index contributed by atoms with van der Waals surface area (Å²) >= 11 is 1.70. The Bertz CT molecular complexity index is 989. The lowest BCUT2D eigenvalue weighted by atomic mass is 10.1. The van der Waals surface area contributed by atoms with Crippen molar-refractivity contribution in [2.24, 2.45) is 0 Å². The van der Waals surface area contributed by atoms with Gasteiger partial charge >= 0.3 is 0 Å². The summed E-state index contributed by atoms with van der Waals surface area (Å²) in [4.78, 5) is 28.0. The molecule has 10 heteroatoms. The molecule has 1 aliphatic heterocycles. The van der Waals surface area contributed by atoms with Crippen molar-refractivity contribution in [1.29, 1.82) is 5.41 Å². The lowest BCUT2D eigenvalue weighted by molar-refractivity contribution is 0.109. The van der Waals surface area contributed by atoms with Crippen molar-refractivity contribution in [3.8, 4) is 5.88 Å². The monoisotopic (exact) mass is 483 g/mol. The minimum atomic E-state index is 0.138. The smallest absolute Gasteiger partial charge is 0.227 e. The van der Waals surface area contributed by atoms with E-state index in [-0.39, 0.29) is 6.10 Å². The van der Waals surface area contributed by atoms with Crippen LogP contribution in [-0.4, -0.2) is 69.8 Å². The SMILES string of the molecule is CC.CSc1ccc(Nc2ncnc(OC3CCN(C)CC3)c2C=N)cc1.O=Cc1ncc[nH]1. The van der Waals surface area contributed by atoms with Crippen LogP contribution in [0, 0.1) is 5.41 Å². The van der Waals surface area contributed by atoms with Crippen molar-refractivity contribution in [2.45, 2.75) is 37.7 Å². The Morgan fingerprint density at radius 3 is 2.41 bits per heavy atom. The minimum Gasteiger partial charge on any atom is -0.474 e. The standard InChI is InChI=1S/C18H23N5OS.C4H4N2O.C2H6/c1-23-9-7-14(8-10-23)24-18-16(11-19)17(20-12-21-18)22-13-3-5-15(25-2)6-4-13;7-3-4-5-1-2-6-4;1-2/h3-6,11-12,14,19H,7-10H2,1-2H3,(H,20,21,22);1-3H,(H,5,6);1-2H3. The first-order valence-corrected chi connectivity index (χ1v) is 12.4. The van der Waals surface area contributed by atoms with E-state index in [2.05, 4.69) is 37.2 Å². The summed E-state index contributed by atoms with van der Waals surface area (Å²) in [5.41, 5.74) is 1.50. The van der Waals surface area contributed by atoms with E-state index in [1.54, 1.807) is 18.0 Å². The lowest BCUT2D eigenvalue weighted by Gasteiger charge is -2.29. The highest BCUT2D eigenvalue weighted by atomic mass is 32.2. The Hall–Kier alpha value is -3.24. The molecule has 1 fully saturated rings. The van der Waals surface area contributed by atoms with Crippen molar-refractivity contribution in [3.63, 3.8) is 0 Å². The quantitative estimate of drug-likeness (QED) is 0.252. The summed E-state index contributed by atoms with van der Waals surface area (Å²) in [6.07, 6.45) is 10.7. The molecule has 1 aliphatic rings. The van der Waals surface area contributed by atoms with Gasteiger partial charge in [-0.15, -0.1) is 11.8 Å². The number of carbonyl (C=O) groups excluding carboxylic acids is 1. The van der Waals surface area contributed by atoms with Gasteiger partial charge in [-0.3, -0.25) is 4.79 Å². The zero-order chi connectivity index (χ0) is 24.8. The first kappa shape index (κ1) is 27.0. The van der Waals surface area contributed by atoms with Crippen LogP contribution in [0.15, 0.2) is 47.9 Å². The van der Waals surface area contributed by atoms with Crippen LogP contribution < -0.4 is 10.1 Å². The molecule has 0 radical (unpaired) electrons. The number of aromatic amines is 1. The summed E-state index contributed by atoms with van der Waals surface area (Å²) in [5, 5.41) is 11.0. The van der Waals surface area contributed by atoms with Gasteiger partial charge in [0.05, 0.1) is 5.56 Å². The number of thioether (sulfide) groups is 1. The maximum atomic E-state index is 9.77. The van der Waals surface area contributed by atoms with Crippen LogP contribution in [0.25, 0.3) is 0 Å². The summed E-state index contributed by atoms with van der Waals surface area (Å²) < 4.78 is 6.07. The fourth-order valence-corrected chi connectivity index (χ4v) is 3.52. The number of nitrogens with zero attached hydrogens (tertiary/aromatic N) is 4. The molecule has 0 saturated carbocycles. The van der Waals surface area contributed by atoms with Crippen LogP contribution in [0.3, 0.4) is 0 Å². The minimum absolute atomic E-state index is 0.138. The molecule has 0 spiro atoms. The third-order valence-electron chi connectivity index (χ3n) is 4.92. The lowest BCUT2D eigenvalue weighted by Crippen LogP contribution is -2.36. The predicted octanol–water partition coefficient (Wildman–Crippen LogP) is 4.66. The summed E-state index contributed by atoms with van der Waals surface area (Å²) in [7, 11) is 2.12. The second-order valence-electron chi connectivity index (χ2n) is 7.15. The van der Waals surface area contributed by atoms with Crippen LogP contribution in [0.5, 0.6) is 5.88 Å². The number of rotatable bonds is 7. The van der Waals surface area contributed by atoms with E-state index in [9.17, 15) is 4.79 Å². The Balaban J connectivity index is 0.000000384. The number of piperidine rings is 1. The van der Waals surface area contributed by atoms with Gasteiger partial charge < -0.3 is 25.3 Å². The van der Waals surface area contributed by atoms with Crippen molar-refractivity contribution in [2.75, 3.05) is 31.7 Å². The molecule has 0 bridgehead atoms. The normalized spacial score (nSPS) is 13.5. The first-order chi connectivity index (χ1) is 16.6. The van der Waals surface area contributed by atoms with Gasteiger partial charge in [-0.1, -0.05) is 13.8 Å². The number of anilines is 2. The number of H-pyrrole nitrogens is 1. The second-order valence-corrected chi connectivity index (χ2v) is 8.03. The summed E-state index contributed by atoms with van der Waals surface area (Å²) in [5.74, 6) is 1.44. The molecular formula is C24H33N7O2S. The highest BCUT2D eigenvalue weighted by Crippen LogP contribution is 2.26. The first-order valence-electron chi connectivity index (χ1n) is 11.2. The number of aromatic nitrogens is 4. The van der Waals surface area contributed by atoms with Crippen LogP contribution in [0.4, 0.5) is 11.5 Å². The Morgan fingerprint density at radius 1 is 1.18 bits per heavy atom. The highest BCUT2D eigenvalue weighted by Gasteiger charge is 2.21. The fourth-order valence-electron chi connectivity index (χ4n) is 3.12. The number of hydrogen-bond donors (Lipinski definition) is 3. The molecule has 0 atom stereocenters.